The Balaban J connectivity index is 2.01. The van der Waals surface area contributed by atoms with Crippen LogP contribution in [0.25, 0.3) is 33.5 Å². The first-order valence-corrected chi connectivity index (χ1v) is 7.82. The molecule has 0 bridgehead atoms. The standard InChI is InChI=1S/C19H13ClN4/c20-13-4-1-3-12(9-13)17-11-16(18-10-14(21)6-8-22-18)15-5-2-7-23-19(15)24-17/h1-11H,(H2,21,22). The molecule has 0 fully saturated rings. The minimum absolute atomic E-state index is 0.661. The predicted molar refractivity (Wildman–Crippen MR) is 97.6 cm³/mol. The summed E-state index contributed by atoms with van der Waals surface area (Å²) < 4.78 is 0. The maximum atomic E-state index is 6.12. The van der Waals surface area contributed by atoms with Crippen molar-refractivity contribution >= 4 is 28.3 Å². The van der Waals surface area contributed by atoms with Crippen molar-refractivity contribution < 1.29 is 0 Å². The number of anilines is 1. The smallest absolute Gasteiger partial charge is 0.160 e. The Morgan fingerprint density at radius 1 is 0.833 bits per heavy atom. The van der Waals surface area contributed by atoms with E-state index in [2.05, 4.69) is 15.0 Å². The molecule has 0 radical (unpaired) electrons. The van der Waals surface area contributed by atoms with Gasteiger partial charge in [0.15, 0.2) is 5.65 Å². The highest BCUT2D eigenvalue weighted by atomic mass is 35.5. The van der Waals surface area contributed by atoms with Crippen LogP contribution in [0, 0.1) is 0 Å². The quantitative estimate of drug-likeness (QED) is 0.583. The molecule has 2 N–H and O–H groups in total. The monoisotopic (exact) mass is 332 g/mol. The molecule has 0 unspecified atom stereocenters. The summed E-state index contributed by atoms with van der Waals surface area (Å²) in [6.07, 6.45) is 3.43. The van der Waals surface area contributed by atoms with Crippen molar-refractivity contribution in [3.05, 3.63) is 72.0 Å². The maximum Gasteiger partial charge on any atom is 0.160 e. The molecule has 4 rings (SSSR count). The van der Waals surface area contributed by atoms with E-state index in [1.54, 1.807) is 18.5 Å². The van der Waals surface area contributed by atoms with Crippen LogP contribution in [0.15, 0.2) is 67.0 Å². The molecule has 0 amide bonds. The minimum atomic E-state index is 0.661. The molecule has 0 aliphatic heterocycles. The van der Waals surface area contributed by atoms with E-state index in [0.717, 1.165) is 27.9 Å². The van der Waals surface area contributed by atoms with Gasteiger partial charge in [0.2, 0.25) is 0 Å². The molecular formula is C19H13ClN4. The van der Waals surface area contributed by atoms with Crippen molar-refractivity contribution in [3.8, 4) is 22.5 Å². The first-order chi connectivity index (χ1) is 11.7. The summed E-state index contributed by atoms with van der Waals surface area (Å²) in [5, 5.41) is 1.60. The molecule has 3 aromatic heterocycles. The highest BCUT2D eigenvalue weighted by Crippen LogP contribution is 2.31. The number of hydrogen-bond donors (Lipinski definition) is 1. The zero-order valence-corrected chi connectivity index (χ0v) is 13.4. The van der Waals surface area contributed by atoms with Crippen molar-refractivity contribution in [2.45, 2.75) is 0 Å². The van der Waals surface area contributed by atoms with Crippen LogP contribution in [0.5, 0.6) is 0 Å². The molecule has 0 aliphatic rings. The van der Waals surface area contributed by atoms with Crippen LogP contribution in [-0.2, 0) is 0 Å². The summed E-state index contributed by atoms with van der Waals surface area (Å²) in [6, 6.07) is 17.1. The van der Waals surface area contributed by atoms with Crippen LogP contribution in [0.4, 0.5) is 5.69 Å². The van der Waals surface area contributed by atoms with Gasteiger partial charge >= 0.3 is 0 Å². The Labute approximate surface area is 144 Å². The van der Waals surface area contributed by atoms with E-state index < -0.39 is 0 Å². The Morgan fingerprint density at radius 2 is 1.75 bits per heavy atom. The number of pyridine rings is 3. The highest BCUT2D eigenvalue weighted by molar-refractivity contribution is 6.30. The Bertz CT molecular complexity index is 1050. The molecular weight excluding hydrogens is 320 g/mol. The van der Waals surface area contributed by atoms with Crippen LogP contribution >= 0.6 is 11.6 Å². The van der Waals surface area contributed by atoms with Gasteiger partial charge in [-0.25, -0.2) is 9.97 Å². The van der Waals surface area contributed by atoms with E-state index in [1.165, 1.54) is 0 Å². The van der Waals surface area contributed by atoms with Gasteiger partial charge in [0, 0.05) is 39.6 Å². The third-order valence-corrected chi connectivity index (χ3v) is 4.00. The van der Waals surface area contributed by atoms with Crippen molar-refractivity contribution in [2.75, 3.05) is 5.73 Å². The van der Waals surface area contributed by atoms with Gasteiger partial charge in [-0.1, -0.05) is 23.7 Å². The molecule has 0 saturated carbocycles. The maximum absolute atomic E-state index is 6.12. The zero-order valence-electron chi connectivity index (χ0n) is 12.6. The average Bonchev–Trinajstić information content (AvgIpc) is 2.61. The molecule has 0 saturated heterocycles. The summed E-state index contributed by atoms with van der Waals surface area (Å²) >= 11 is 6.12. The molecule has 1 aromatic carbocycles. The Hall–Kier alpha value is -2.98. The first-order valence-electron chi connectivity index (χ1n) is 7.44. The van der Waals surface area contributed by atoms with Crippen molar-refractivity contribution in [2.24, 2.45) is 0 Å². The van der Waals surface area contributed by atoms with Gasteiger partial charge in [0.25, 0.3) is 0 Å². The third kappa shape index (κ3) is 2.68. The van der Waals surface area contributed by atoms with Gasteiger partial charge in [0.1, 0.15) is 0 Å². The summed E-state index contributed by atoms with van der Waals surface area (Å²) in [6.45, 7) is 0. The number of rotatable bonds is 2. The SMILES string of the molecule is Nc1ccnc(-c2cc(-c3cccc(Cl)c3)nc3ncccc23)c1. The Morgan fingerprint density at radius 3 is 2.58 bits per heavy atom. The van der Waals surface area contributed by atoms with Gasteiger partial charge in [-0.2, -0.15) is 0 Å². The summed E-state index contributed by atoms with van der Waals surface area (Å²) in [5.74, 6) is 0. The van der Waals surface area contributed by atoms with E-state index >= 15 is 0 Å². The van der Waals surface area contributed by atoms with E-state index in [0.29, 0.717) is 16.4 Å². The number of nitrogens with zero attached hydrogens (tertiary/aromatic N) is 3. The molecule has 24 heavy (non-hydrogen) atoms. The molecule has 0 aliphatic carbocycles. The normalized spacial score (nSPS) is 10.9. The van der Waals surface area contributed by atoms with Crippen LogP contribution in [0.3, 0.4) is 0 Å². The van der Waals surface area contributed by atoms with Crippen LogP contribution < -0.4 is 5.73 Å². The predicted octanol–water partition coefficient (Wildman–Crippen LogP) is 4.59. The average molecular weight is 333 g/mol. The van der Waals surface area contributed by atoms with Crippen molar-refractivity contribution in [1.82, 2.24) is 15.0 Å². The second kappa shape index (κ2) is 5.91. The molecule has 0 atom stereocenters. The number of nitrogens with two attached hydrogens (primary N) is 1. The summed E-state index contributed by atoms with van der Waals surface area (Å²) in [7, 11) is 0. The van der Waals surface area contributed by atoms with E-state index in [1.807, 2.05) is 48.5 Å². The van der Waals surface area contributed by atoms with E-state index in [9.17, 15) is 0 Å². The lowest BCUT2D eigenvalue weighted by Gasteiger charge is -2.09. The molecule has 3 heterocycles. The molecule has 0 spiro atoms. The van der Waals surface area contributed by atoms with Crippen LogP contribution in [0.1, 0.15) is 0 Å². The highest BCUT2D eigenvalue weighted by Gasteiger charge is 2.11. The van der Waals surface area contributed by atoms with Crippen molar-refractivity contribution in [1.29, 1.82) is 0 Å². The fourth-order valence-corrected chi connectivity index (χ4v) is 2.85. The van der Waals surface area contributed by atoms with Gasteiger partial charge < -0.3 is 5.73 Å². The minimum Gasteiger partial charge on any atom is -0.399 e. The largest absolute Gasteiger partial charge is 0.399 e. The lowest BCUT2D eigenvalue weighted by atomic mass is 10.0. The molecule has 4 nitrogen and oxygen atoms in total. The lowest BCUT2D eigenvalue weighted by Crippen LogP contribution is -1.94. The topological polar surface area (TPSA) is 64.7 Å². The second-order valence-electron chi connectivity index (χ2n) is 5.41. The summed E-state index contributed by atoms with van der Waals surface area (Å²) in [5.41, 5.74) is 10.7. The number of hydrogen-bond acceptors (Lipinski definition) is 4. The summed E-state index contributed by atoms with van der Waals surface area (Å²) in [4.78, 5) is 13.5. The first kappa shape index (κ1) is 14.6. The van der Waals surface area contributed by atoms with E-state index in [-0.39, 0.29) is 0 Å². The van der Waals surface area contributed by atoms with Gasteiger partial charge in [-0.15, -0.1) is 0 Å². The lowest BCUT2D eigenvalue weighted by molar-refractivity contribution is 1.27. The second-order valence-corrected chi connectivity index (χ2v) is 5.85. The number of benzene rings is 1. The van der Waals surface area contributed by atoms with Gasteiger partial charge in [0.05, 0.1) is 11.4 Å². The zero-order chi connectivity index (χ0) is 16.5. The molecule has 4 aromatic rings. The van der Waals surface area contributed by atoms with Gasteiger partial charge in [-0.05, 0) is 42.5 Å². The van der Waals surface area contributed by atoms with Gasteiger partial charge in [-0.3, -0.25) is 4.98 Å². The third-order valence-electron chi connectivity index (χ3n) is 3.76. The number of nitrogen functional groups attached to an aromatic ring is 1. The molecule has 116 valence electrons. The van der Waals surface area contributed by atoms with Crippen molar-refractivity contribution in [3.63, 3.8) is 0 Å². The fourth-order valence-electron chi connectivity index (χ4n) is 2.66. The number of fused-ring (bicyclic) bond motifs is 1. The molecule has 5 heteroatoms. The van der Waals surface area contributed by atoms with Crippen LogP contribution in [-0.4, -0.2) is 15.0 Å². The number of aromatic nitrogens is 3. The fraction of sp³-hybridized carbons (Fsp3) is 0. The number of halogens is 1. The van der Waals surface area contributed by atoms with E-state index in [4.69, 9.17) is 17.3 Å². The van der Waals surface area contributed by atoms with Crippen LogP contribution in [0.2, 0.25) is 5.02 Å². The Kier molecular flexibility index (Phi) is 3.59.